The number of nitrogens with zero attached hydrogens (tertiary/aromatic N) is 2. The van der Waals surface area contributed by atoms with Gasteiger partial charge in [-0.15, -0.1) is 0 Å². The van der Waals surface area contributed by atoms with Gasteiger partial charge in [0.1, 0.15) is 28.8 Å². The summed E-state index contributed by atoms with van der Waals surface area (Å²) in [6.07, 6.45) is 2.59. The Morgan fingerprint density at radius 3 is 2.54 bits per heavy atom. The van der Waals surface area contributed by atoms with Gasteiger partial charge in [-0.1, -0.05) is 0 Å². The monoisotopic (exact) mass is 480 g/mol. The highest BCUT2D eigenvalue weighted by Gasteiger charge is 2.24. The van der Waals surface area contributed by atoms with Crippen molar-refractivity contribution in [2.24, 2.45) is 0 Å². The molecule has 176 valence electrons. The van der Waals surface area contributed by atoms with Gasteiger partial charge in [-0.2, -0.15) is 0 Å². The van der Waals surface area contributed by atoms with Crippen molar-refractivity contribution >= 4 is 33.7 Å². The number of pyridine rings is 1. The van der Waals surface area contributed by atoms with E-state index in [1.165, 1.54) is 30.1 Å². The van der Waals surface area contributed by atoms with Crippen molar-refractivity contribution in [1.82, 2.24) is 19.5 Å². The molecule has 8 nitrogen and oxygen atoms in total. The molecule has 2 aromatic carbocycles. The number of aromatic nitrogens is 4. The highest BCUT2D eigenvalue weighted by molar-refractivity contribution is 6.16. The Morgan fingerprint density at radius 2 is 1.83 bits per heavy atom. The van der Waals surface area contributed by atoms with E-state index in [0.29, 0.717) is 34.6 Å². The number of methoxy groups -OCH3 is 1. The van der Waals surface area contributed by atoms with Crippen molar-refractivity contribution in [3.05, 3.63) is 99.1 Å². The van der Waals surface area contributed by atoms with Gasteiger partial charge in [-0.3, -0.25) is 9.59 Å². The van der Waals surface area contributed by atoms with Crippen LogP contribution in [0.4, 0.5) is 13.2 Å². The molecule has 0 radical (unpaired) electrons. The largest absolute Gasteiger partial charge is 0.465 e. The molecule has 0 fully saturated rings. The second-order valence-corrected chi connectivity index (χ2v) is 7.72. The molecule has 0 unspecified atom stereocenters. The number of fused-ring (bicyclic) bond motifs is 2. The minimum atomic E-state index is -1.34. The quantitative estimate of drug-likeness (QED) is 0.295. The number of aromatic amines is 2. The van der Waals surface area contributed by atoms with E-state index in [2.05, 4.69) is 15.0 Å². The van der Waals surface area contributed by atoms with Gasteiger partial charge in [0.25, 0.3) is 5.56 Å². The summed E-state index contributed by atoms with van der Waals surface area (Å²) in [6, 6.07) is 7.09. The molecule has 0 aliphatic rings. The first kappa shape index (κ1) is 22.1. The Balaban J connectivity index is 1.49. The lowest BCUT2D eigenvalue weighted by Crippen LogP contribution is -2.20. The van der Waals surface area contributed by atoms with E-state index in [1.54, 1.807) is 18.2 Å². The van der Waals surface area contributed by atoms with E-state index < -0.39 is 40.3 Å². The van der Waals surface area contributed by atoms with E-state index in [0.717, 1.165) is 0 Å². The number of ether oxygens (including phenoxy) is 1. The number of esters is 1. The van der Waals surface area contributed by atoms with Gasteiger partial charge in [0.2, 0.25) is 5.78 Å². The van der Waals surface area contributed by atoms with Crippen LogP contribution in [0.1, 0.15) is 32.1 Å². The molecular formula is C24H15F3N4O4. The molecule has 3 heterocycles. The number of imidazole rings is 1. The van der Waals surface area contributed by atoms with Crippen molar-refractivity contribution in [3.63, 3.8) is 0 Å². The van der Waals surface area contributed by atoms with Crippen molar-refractivity contribution in [3.8, 4) is 0 Å². The Kier molecular flexibility index (Phi) is 5.24. The summed E-state index contributed by atoms with van der Waals surface area (Å²) in [5, 5.41) is 0.159. The van der Waals surface area contributed by atoms with Gasteiger partial charge >= 0.3 is 5.97 Å². The molecule has 11 heteroatoms. The fourth-order valence-electron chi connectivity index (χ4n) is 3.91. The maximum atomic E-state index is 14.1. The summed E-state index contributed by atoms with van der Waals surface area (Å²) in [5.74, 6) is -4.91. The Bertz CT molecular complexity index is 1690. The molecule has 5 aromatic rings. The minimum Gasteiger partial charge on any atom is -0.465 e. The van der Waals surface area contributed by atoms with Gasteiger partial charge < -0.3 is 19.3 Å². The van der Waals surface area contributed by atoms with E-state index in [4.69, 9.17) is 4.74 Å². The topological polar surface area (TPSA) is 110 Å². The van der Waals surface area contributed by atoms with Crippen LogP contribution in [0.2, 0.25) is 0 Å². The first-order valence-corrected chi connectivity index (χ1v) is 10.2. The second kappa shape index (κ2) is 8.28. The number of benzene rings is 2. The first-order valence-electron chi connectivity index (χ1n) is 10.2. The first-order chi connectivity index (χ1) is 16.8. The molecular weight excluding hydrogens is 465 g/mol. The Morgan fingerprint density at radius 1 is 1.09 bits per heavy atom. The highest BCUT2D eigenvalue weighted by atomic mass is 19.1. The van der Waals surface area contributed by atoms with Crippen LogP contribution in [0.25, 0.3) is 21.9 Å². The lowest BCUT2D eigenvalue weighted by atomic mass is 10.0. The van der Waals surface area contributed by atoms with Gasteiger partial charge in [-0.05, 0) is 24.3 Å². The standard InChI is InChI=1S/C24H15F3N4O4/c1-35-24(34)11-2-3-17-18(6-11)30-19(29-17)10-31-5-4-13-14(9-28-21(13)23(31)33)22(32)20-15(26)7-12(25)8-16(20)27/h2-9,28H,10H2,1H3,(H,29,30). The highest BCUT2D eigenvalue weighted by Crippen LogP contribution is 2.23. The predicted molar refractivity (Wildman–Crippen MR) is 119 cm³/mol. The van der Waals surface area contributed by atoms with Crippen LogP contribution in [0, 0.1) is 17.5 Å². The van der Waals surface area contributed by atoms with Gasteiger partial charge in [0.05, 0.1) is 35.8 Å². The number of carbonyl (C=O) groups is 2. The molecule has 5 rings (SSSR count). The third-order valence-corrected chi connectivity index (χ3v) is 5.57. The fraction of sp³-hybridized carbons (Fsp3) is 0.0833. The van der Waals surface area contributed by atoms with Crippen LogP contribution in [-0.4, -0.2) is 38.4 Å². The molecule has 0 spiro atoms. The van der Waals surface area contributed by atoms with Crippen molar-refractivity contribution in [2.45, 2.75) is 6.54 Å². The van der Waals surface area contributed by atoms with Crippen LogP contribution in [0.3, 0.4) is 0 Å². The fourth-order valence-corrected chi connectivity index (χ4v) is 3.91. The Labute approximate surface area is 194 Å². The van der Waals surface area contributed by atoms with E-state index in [1.807, 2.05) is 0 Å². The van der Waals surface area contributed by atoms with Crippen molar-refractivity contribution in [2.75, 3.05) is 7.11 Å². The zero-order valence-electron chi connectivity index (χ0n) is 18.0. The number of nitrogens with one attached hydrogen (secondary N) is 2. The summed E-state index contributed by atoms with van der Waals surface area (Å²) in [5.41, 5.74) is -0.00425. The molecule has 0 bridgehead atoms. The SMILES string of the molecule is COC(=O)c1ccc2nc(Cn3ccc4c(C(=O)c5c(F)cc(F)cc5F)c[nH]c4c3=O)[nH]c2c1. The maximum absolute atomic E-state index is 14.1. The van der Waals surface area contributed by atoms with Crippen LogP contribution in [0.15, 0.2) is 53.6 Å². The molecule has 0 atom stereocenters. The smallest absolute Gasteiger partial charge is 0.337 e. The molecule has 0 saturated heterocycles. The number of H-pyrrole nitrogens is 2. The number of rotatable bonds is 5. The normalized spacial score (nSPS) is 11.3. The van der Waals surface area contributed by atoms with Crippen LogP contribution in [0.5, 0.6) is 0 Å². The minimum absolute atomic E-state index is 0.0422. The van der Waals surface area contributed by atoms with Gasteiger partial charge in [-0.25, -0.2) is 22.9 Å². The third-order valence-electron chi connectivity index (χ3n) is 5.57. The number of ketones is 1. The zero-order chi connectivity index (χ0) is 24.9. The van der Waals surface area contributed by atoms with Crippen molar-refractivity contribution in [1.29, 1.82) is 0 Å². The Hall–Kier alpha value is -4.67. The summed E-state index contributed by atoms with van der Waals surface area (Å²) in [7, 11) is 1.28. The van der Waals surface area contributed by atoms with Gasteiger partial charge in [0, 0.05) is 35.5 Å². The molecule has 0 saturated carbocycles. The van der Waals surface area contributed by atoms with E-state index in [-0.39, 0.29) is 23.0 Å². The van der Waals surface area contributed by atoms with E-state index in [9.17, 15) is 27.6 Å². The second-order valence-electron chi connectivity index (χ2n) is 7.72. The molecule has 2 N–H and O–H groups in total. The van der Waals surface area contributed by atoms with Crippen LogP contribution >= 0.6 is 0 Å². The molecule has 0 amide bonds. The molecule has 0 aliphatic heterocycles. The van der Waals surface area contributed by atoms with E-state index >= 15 is 0 Å². The molecule has 3 aromatic heterocycles. The zero-order valence-corrected chi connectivity index (χ0v) is 18.0. The average Bonchev–Trinajstić information content (AvgIpc) is 3.43. The van der Waals surface area contributed by atoms with Crippen LogP contribution in [-0.2, 0) is 11.3 Å². The number of hydrogen-bond acceptors (Lipinski definition) is 5. The summed E-state index contributed by atoms with van der Waals surface area (Å²) < 4.78 is 47.5. The van der Waals surface area contributed by atoms with Crippen molar-refractivity contribution < 1.29 is 27.5 Å². The summed E-state index contributed by atoms with van der Waals surface area (Å²) >= 11 is 0. The molecule has 35 heavy (non-hydrogen) atoms. The van der Waals surface area contributed by atoms with Gasteiger partial charge in [0.15, 0.2) is 0 Å². The summed E-state index contributed by atoms with van der Waals surface area (Å²) in [6.45, 7) is 0.0422. The molecule has 0 aliphatic carbocycles. The average molecular weight is 480 g/mol. The van der Waals surface area contributed by atoms with Crippen LogP contribution < -0.4 is 5.56 Å². The lowest BCUT2D eigenvalue weighted by Gasteiger charge is -2.05. The maximum Gasteiger partial charge on any atom is 0.337 e. The predicted octanol–water partition coefficient (Wildman–Crippen LogP) is 3.69. The lowest BCUT2D eigenvalue weighted by molar-refractivity contribution is 0.0600. The number of hydrogen-bond donors (Lipinski definition) is 2. The number of carbonyl (C=O) groups excluding carboxylic acids is 2. The summed E-state index contributed by atoms with van der Waals surface area (Å²) in [4.78, 5) is 47.6. The number of halogens is 3. The third kappa shape index (κ3) is 3.76.